The highest BCUT2D eigenvalue weighted by molar-refractivity contribution is 5.96. The summed E-state index contributed by atoms with van der Waals surface area (Å²) >= 11 is 0. The molecule has 1 heterocycles. The SMILES string of the molecule is COCO[C@@H]1c2cc3cc(OC)cc(OC)c3c(O)c2CO[C@H]1C. The summed E-state index contributed by atoms with van der Waals surface area (Å²) in [5.74, 6) is 1.37. The topological polar surface area (TPSA) is 66.4 Å². The molecule has 2 atom stereocenters. The zero-order valence-corrected chi connectivity index (χ0v) is 14.3. The first kappa shape index (κ1) is 16.8. The van der Waals surface area contributed by atoms with Gasteiger partial charge in [-0.25, -0.2) is 0 Å². The number of hydrogen-bond acceptors (Lipinski definition) is 6. The number of hydrogen-bond donors (Lipinski definition) is 1. The van der Waals surface area contributed by atoms with Crippen LogP contribution < -0.4 is 9.47 Å². The van der Waals surface area contributed by atoms with Crippen LogP contribution in [0.1, 0.15) is 24.2 Å². The monoisotopic (exact) mass is 334 g/mol. The Morgan fingerprint density at radius 2 is 1.96 bits per heavy atom. The first-order chi connectivity index (χ1) is 11.6. The van der Waals surface area contributed by atoms with Crippen LogP contribution in [0, 0.1) is 0 Å². The van der Waals surface area contributed by atoms with E-state index in [0.717, 1.165) is 10.9 Å². The fourth-order valence-electron chi connectivity index (χ4n) is 3.13. The summed E-state index contributed by atoms with van der Waals surface area (Å²) in [6, 6.07) is 5.61. The lowest BCUT2D eigenvalue weighted by Crippen LogP contribution is -2.28. The van der Waals surface area contributed by atoms with Crippen LogP contribution in [-0.2, 0) is 20.8 Å². The lowest BCUT2D eigenvalue weighted by molar-refractivity contribution is -0.138. The molecule has 0 aromatic heterocycles. The van der Waals surface area contributed by atoms with Crippen molar-refractivity contribution >= 4 is 10.8 Å². The average Bonchev–Trinajstić information content (AvgIpc) is 2.59. The molecule has 130 valence electrons. The van der Waals surface area contributed by atoms with Gasteiger partial charge in [0.1, 0.15) is 30.1 Å². The zero-order valence-electron chi connectivity index (χ0n) is 14.3. The average molecular weight is 334 g/mol. The Balaban J connectivity index is 2.21. The Bertz CT molecular complexity index is 742. The molecule has 0 bridgehead atoms. The summed E-state index contributed by atoms with van der Waals surface area (Å²) in [6.45, 7) is 2.41. The van der Waals surface area contributed by atoms with Gasteiger partial charge in [0.25, 0.3) is 0 Å². The van der Waals surface area contributed by atoms with Gasteiger partial charge in [0, 0.05) is 18.7 Å². The Morgan fingerprint density at radius 1 is 1.17 bits per heavy atom. The molecule has 1 aliphatic heterocycles. The van der Waals surface area contributed by atoms with Gasteiger partial charge in [-0.2, -0.15) is 0 Å². The normalized spacial score (nSPS) is 20.0. The first-order valence-corrected chi connectivity index (χ1v) is 7.73. The summed E-state index contributed by atoms with van der Waals surface area (Å²) in [7, 11) is 4.73. The van der Waals surface area contributed by atoms with Crippen molar-refractivity contribution in [2.24, 2.45) is 0 Å². The predicted octanol–water partition coefficient (Wildman–Crippen LogP) is 3.14. The Labute approximate surface area is 140 Å². The number of fused-ring (bicyclic) bond motifs is 2. The van der Waals surface area contributed by atoms with E-state index in [1.807, 2.05) is 19.1 Å². The van der Waals surface area contributed by atoms with Crippen molar-refractivity contribution < 1.29 is 28.8 Å². The van der Waals surface area contributed by atoms with Crippen molar-refractivity contribution in [1.82, 2.24) is 0 Å². The molecule has 2 aromatic rings. The number of phenols is 1. The molecule has 6 nitrogen and oxygen atoms in total. The van der Waals surface area contributed by atoms with Crippen molar-refractivity contribution in [3.8, 4) is 17.2 Å². The molecule has 0 spiro atoms. The number of benzene rings is 2. The second kappa shape index (κ2) is 6.84. The summed E-state index contributed by atoms with van der Waals surface area (Å²) in [4.78, 5) is 0. The zero-order chi connectivity index (χ0) is 17.3. The number of ether oxygens (including phenoxy) is 5. The lowest BCUT2D eigenvalue weighted by atomic mass is 9.91. The minimum atomic E-state index is -0.318. The third-order valence-electron chi connectivity index (χ3n) is 4.33. The highest BCUT2D eigenvalue weighted by Gasteiger charge is 2.31. The molecule has 0 unspecified atom stereocenters. The van der Waals surface area contributed by atoms with Gasteiger partial charge in [-0.3, -0.25) is 0 Å². The van der Waals surface area contributed by atoms with Crippen molar-refractivity contribution in [1.29, 1.82) is 0 Å². The smallest absolute Gasteiger partial charge is 0.147 e. The minimum absolute atomic E-state index is 0.142. The van der Waals surface area contributed by atoms with Gasteiger partial charge >= 0.3 is 0 Å². The quantitative estimate of drug-likeness (QED) is 0.848. The standard InChI is InChI=1S/C18H22O6/c1-10-18(24-9-20-2)13-6-11-5-12(21-3)7-15(22-4)16(11)17(19)14(13)8-23-10/h5-7,10,18-19H,8-9H2,1-4H3/t10-,18-/m0/s1. The summed E-state index contributed by atoms with van der Waals surface area (Å²) in [6.07, 6.45) is -0.460. The molecule has 0 amide bonds. The molecule has 1 aliphatic rings. The molecule has 6 heteroatoms. The van der Waals surface area contributed by atoms with E-state index < -0.39 is 0 Å². The van der Waals surface area contributed by atoms with Crippen molar-refractivity contribution in [3.05, 3.63) is 29.3 Å². The molecule has 0 radical (unpaired) electrons. The van der Waals surface area contributed by atoms with Crippen molar-refractivity contribution in [3.63, 3.8) is 0 Å². The van der Waals surface area contributed by atoms with Crippen molar-refractivity contribution in [2.45, 2.75) is 25.7 Å². The van der Waals surface area contributed by atoms with E-state index in [0.29, 0.717) is 29.1 Å². The van der Waals surface area contributed by atoms with Crippen LogP contribution in [0.25, 0.3) is 10.8 Å². The molecule has 24 heavy (non-hydrogen) atoms. The van der Waals surface area contributed by atoms with Gasteiger partial charge in [-0.05, 0) is 30.0 Å². The largest absolute Gasteiger partial charge is 0.507 e. The first-order valence-electron chi connectivity index (χ1n) is 7.73. The van der Waals surface area contributed by atoms with E-state index in [1.165, 1.54) is 0 Å². The van der Waals surface area contributed by atoms with Crippen LogP contribution >= 0.6 is 0 Å². The van der Waals surface area contributed by atoms with Gasteiger partial charge in [-0.1, -0.05) is 0 Å². The summed E-state index contributed by atoms with van der Waals surface area (Å²) in [5.41, 5.74) is 1.61. The van der Waals surface area contributed by atoms with Crippen molar-refractivity contribution in [2.75, 3.05) is 28.1 Å². The van der Waals surface area contributed by atoms with E-state index in [1.54, 1.807) is 27.4 Å². The van der Waals surface area contributed by atoms with E-state index in [-0.39, 0.29) is 24.8 Å². The molecule has 0 aliphatic carbocycles. The highest BCUT2D eigenvalue weighted by Crippen LogP contribution is 2.45. The molecule has 1 N–H and O–H groups in total. The fourth-order valence-corrected chi connectivity index (χ4v) is 3.13. The van der Waals surface area contributed by atoms with Crippen LogP contribution in [0.5, 0.6) is 17.2 Å². The molecule has 3 rings (SSSR count). The Kier molecular flexibility index (Phi) is 4.80. The van der Waals surface area contributed by atoms with E-state index in [9.17, 15) is 5.11 Å². The van der Waals surface area contributed by atoms with Crippen LogP contribution in [0.4, 0.5) is 0 Å². The third kappa shape index (κ3) is 2.77. The van der Waals surface area contributed by atoms with E-state index in [4.69, 9.17) is 23.7 Å². The highest BCUT2D eigenvalue weighted by atomic mass is 16.7. The maximum absolute atomic E-state index is 10.8. The predicted molar refractivity (Wildman–Crippen MR) is 88.7 cm³/mol. The lowest BCUT2D eigenvalue weighted by Gasteiger charge is -2.32. The molecule has 0 saturated carbocycles. The Hall–Kier alpha value is -2.02. The molecule has 0 fully saturated rings. The van der Waals surface area contributed by atoms with E-state index >= 15 is 0 Å². The maximum Gasteiger partial charge on any atom is 0.147 e. The van der Waals surface area contributed by atoms with Gasteiger partial charge < -0.3 is 28.8 Å². The fraction of sp³-hybridized carbons (Fsp3) is 0.444. The molecule has 2 aromatic carbocycles. The second-order valence-electron chi connectivity index (χ2n) is 5.73. The number of aromatic hydroxyl groups is 1. The number of phenolic OH excluding ortho intramolecular Hbond substituents is 1. The van der Waals surface area contributed by atoms with Crippen LogP contribution in [0.15, 0.2) is 18.2 Å². The molecular weight excluding hydrogens is 312 g/mol. The number of rotatable bonds is 5. The van der Waals surface area contributed by atoms with Crippen LogP contribution in [-0.4, -0.2) is 39.3 Å². The van der Waals surface area contributed by atoms with Crippen LogP contribution in [0.2, 0.25) is 0 Å². The van der Waals surface area contributed by atoms with Crippen LogP contribution in [0.3, 0.4) is 0 Å². The van der Waals surface area contributed by atoms with Gasteiger partial charge in [0.2, 0.25) is 0 Å². The van der Waals surface area contributed by atoms with Gasteiger partial charge in [0.15, 0.2) is 0 Å². The number of methoxy groups -OCH3 is 3. The molecule has 0 saturated heterocycles. The third-order valence-corrected chi connectivity index (χ3v) is 4.33. The van der Waals surface area contributed by atoms with E-state index in [2.05, 4.69) is 0 Å². The summed E-state index contributed by atoms with van der Waals surface area (Å²) in [5, 5.41) is 12.3. The summed E-state index contributed by atoms with van der Waals surface area (Å²) < 4.78 is 27.3. The maximum atomic E-state index is 10.8. The Morgan fingerprint density at radius 3 is 2.62 bits per heavy atom. The second-order valence-corrected chi connectivity index (χ2v) is 5.73. The minimum Gasteiger partial charge on any atom is -0.507 e. The van der Waals surface area contributed by atoms with Gasteiger partial charge in [-0.15, -0.1) is 0 Å². The molecular formula is C18H22O6. The van der Waals surface area contributed by atoms with Gasteiger partial charge in [0.05, 0.1) is 32.3 Å².